The van der Waals surface area contributed by atoms with Crippen LogP contribution in [0.2, 0.25) is 0 Å². The summed E-state index contributed by atoms with van der Waals surface area (Å²) >= 11 is 0. The number of nitrogens with zero attached hydrogens (tertiary/aromatic N) is 2. The highest BCUT2D eigenvalue weighted by molar-refractivity contribution is 5.65. The molecule has 2 rings (SSSR count). The number of nitriles is 1. The summed E-state index contributed by atoms with van der Waals surface area (Å²) in [7, 11) is 0. The highest BCUT2D eigenvalue weighted by Gasteiger charge is 2.08. The quantitative estimate of drug-likeness (QED) is 0.916. The molecule has 0 spiro atoms. The van der Waals surface area contributed by atoms with Crippen LogP contribution in [-0.2, 0) is 0 Å². The third-order valence-corrected chi connectivity index (χ3v) is 3.01. The number of hydrogen-bond acceptors (Lipinski definition) is 3. The first kappa shape index (κ1) is 14.0. The normalized spacial score (nSPS) is 10.1. The fourth-order valence-corrected chi connectivity index (χ4v) is 1.89. The fraction of sp³-hybridized carbons (Fsp3) is 0.250. The fourth-order valence-electron chi connectivity index (χ4n) is 1.89. The first-order valence-electron chi connectivity index (χ1n) is 6.57. The molecule has 0 aliphatic rings. The molecule has 1 N–H and O–H groups in total. The number of nitrogens with one attached hydrogen (secondary N) is 1. The van der Waals surface area contributed by atoms with Crippen molar-refractivity contribution >= 4 is 5.82 Å². The monoisotopic (exact) mass is 269 g/mol. The van der Waals surface area contributed by atoms with Gasteiger partial charge in [-0.3, -0.25) is 0 Å². The van der Waals surface area contributed by atoms with Crippen molar-refractivity contribution in [2.75, 3.05) is 11.9 Å². The van der Waals surface area contributed by atoms with Gasteiger partial charge in [0.2, 0.25) is 0 Å². The molecule has 0 saturated heterocycles. The van der Waals surface area contributed by atoms with Gasteiger partial charge in [0.25, 0.3) is 0 Å². The second-order valence-corrected chi connectivity index (χ2v) is 4.60. The molecule has 0 unspecified atom stereocenters. The molecule has 0 atom stereocenters. The van der Waals surface area contributed by atoms with Gasteiger partial charge < -0.3 is 5.32 Å². The number of rotatable bonds is 4. The predicted octanol–water partition coefficient (Wildman–Crippen LogP) is 3.89. The molecule has 0 saturated carbocycles. The van der Waals surface area contributed by atoms with Crippen molar-refractivity contribution in [1.82, 2.24) is 4.98 Å². The van der Waals surface area contributed by atoms with E-state index in [1.54, 1.807) is 31.2 Å². The highest BCUT2D eigenvalue weighted by atomic mass is 19.1. The molecule has 4 heteroatoms. The van der Waals surface area contributed by atoms with E-state index in [9.17, 15) is 4.39 Å². The summed E-state index contributed by atoms with van der Waals surface area (Å²) in [4.78, 5) is 4.47. The van der Waals surface area contributed by atoms with Gasteiger partial charge in [-0.05, 0) is 49.2 Å². The molecule has 2 aromatic rings. The molecule has 1 heterocycles. The maximum atomic E-state index is 13.3. The van der Waals surface area contributed by atoms with Crippen LogP contribution in [0, 0.1) is 24.1 Å². The van der Waals surface area contributed by atoms with E-state index in [2.05, 4.69) is 16.4 Å². The summed E-state index contributed by atoms with van der Waals surface area (Å²) in [5.74, 6) is 0.348. The summed E-state index contributed by atoms with van der Waals surface area (Å²) in [6, 6.07) is 10.5. The van der Waals surface area contributed by atoms with E-state index in [1.807, 2.05) is 6.92 Å². The van der Waals surface area contributed by atoms with Crippen LogP contribution >= 0.6 is 0 Å². The number of hydrogen-bond donors (Lipinski definition) is 1. The van der Waals surface area contributed by atoms with E-state index in [1.165, 1.54) is 6.07 Å². The third kappa shape index (κ3) is 2.94. The minimum Gasteiger partial charge on any atom is -0.369 e. The van der Waals surface area contributed by atoms with Gasteiger partial charge in [0.1, 0.15) is 17.7 Å². The van der Waals surface area contributed by atoms with Gasteiger partial charge in [-0.1, -0.05) is 6.92 Å². The van der Waals surface area contributed by atoms with Gasteiger partial charge in [0.15, 0.2) is 0 Å². The summed E-state index contributed by atoms with van der Waals surface area (Å²) in [6.07, 6.45) is 0.951. The molecular formula is C16H16FN3. The van der Waals surface area contributed by atoms with E-state index in [4.69, 9.17) is 5.26 Å². The summed E-state index contributed by atoms with van der Waals surface area (Å²) < 4.78 is 13.3. The molecule has 0 fully saturated rings. The van der Waals surface area contributed by atoms with Crippen LogP contribution in [0.15, 0.2) is 30.3 Å². The second-order valence-electron chi connectivity index (χ2n) is 4.60. The maximum absolute atomic E-state index is 13.3. The van der Waals surface area contributed by atoms with Crippen molar-refractivity contribution in [3.63, 3.8) is 0 Å². The van der Waals surface area contributed by atoms with E-state index < -0.39 is 0 Å². The topological polar surface area (TPSA) is 48.7 Å². The number of pyridine rings is 1. The zero-order valence-corrected chi connectivity index (χ0v) is 11.6. The smallest absolute Gasteiger partial charge is 0.144 e. The SMILES string of the molecule is CCCNc1nc(-c2ccc(F)c(C)c2)ccc1C#N. The number of aromatic nitrogens is 1. The first-order chi connectivity index (χ1) is 9.65. The summed E-state index contributed by atoms with van der Waals surface area (Å²) in [5, 5.41) is 12.2. The summed E-state index contributed by atoms with van der Waals surface area (Å²) in [6.45, 7) is 4.53. The van der Waals surface area contributed by atoms with Gasteiger partial charge in [-0.2, -0.15) is 5.26 Å². The lowest BCUT2D eigenvalue weighted by Crippen LogP contribution is -2.04. The van der Waals surface area contributed by atoms with Crippen LogP contribution in [0.25, 0.3) is 11.3 Å². The molecule has 0 aliphatic carbocycles. The molecule has 0 radical (unpaired) electrons. The molecule has 3 nitrogen and oxygen atoms in total. The molecule has 0 aliphatic heterocycles. The maximum Gasteiger partial charge on any atom is 0.144 e. The molecule has 1 aromatic carbocycles. The Morgan fingerprint density at radius 2 is 2.10 bits per heavy atom. The van der Waals surface area contributed by atoms with Gasteiger partial charge in [0, 0.05) is 12.1 Å². The van der Waals surface area contributed by atoms with Crippen LogP contribution in [0.1, 0.15) is 24.5 Å². The lowest BCUT2D eigenvalue weighted by Gasteiger charge is -2.09. The Morgan fingerprint density at radius 3 is 2.75 bits per heavy atom. The van der Waals surface area contributed by atoms with Crippen molar-refractivity contribution in [1.29, 1.82) is 5.26 Å². The Morgan fingerprint density at radius 1 is 1.30 bits per heavy atom. The van der Waals surface area contributed by atoms with E-state index in [0.29, 0.717) is 16.9 Å². The lowest BCUT2D eigenvalue weighted by atomic mass is 10.1. The number of anilines is 1. The van der Waals surface area contributed by atoms with Crippen LogP contribution in [0.4, 0.5) is 10.2 Å². The number of halogens is 1. The second kappa shape index (κ2) is 6.16. The van der Waals surface area contributed by atoms with Crippen LogP contribution in [0.5, 0.6) is 0 Å². The summed E-state index contributed by atoms with van der Waals surface area (Å²) in [5.41, 5.74) is 2.66. The van der Waals surface area contributed by atoms with Crippen LogP contribution in [0.3, 0.4) is 0 Å². The number of benzene rings is 1. The zero-order valence-electron chi connectivity index (χ0n) is 11.6. The largest absolute Gasteiger partial charge is 0.369 e. The van der Waals surface area contributed by atoms with E-state index >= 15 is 0 Å². The van der Waals surface area contributed by atoms with Crippen molar-refractivity contribution < 1.29 is 4.39 Å². The standard InChI is InChI=1S/C16H16FN3/c1-3-8-19-16-13(10-18)5-7-15(20-16)12-4-6-14(17)11(2)9-12/h4-7,9H,3,8H2,1-2H3,(H,19,20). The van der Waals surface area contributed by atoms with Crippen molar-refractivity contribution in [3.05, 3.63) is 47.3 Å². The van der Waals surface area contributed by atoms with Crippen molar-refractivity contribution in [2.45, 2.75) is 20.3 Å². The molecule has 102 valence electrons. The Labute approximate surface area is 118 Å². The van der Waals surface area contributed by atoms with E-state index in [0.717, 1.165) is 24.2 Å². The van der Waals surface area contributed by atoms with Crippen LogP contribution < -0.4 is 5.32 Å². The number of aryl methyl sites for hydroxylation is 1. The lowest BCUT2D eigenvalue weighted by molar-refractivity contribution is 0.619. The Bertz CT molecular complexity index is 659. The average Bonchev–Trinajstić information content (AvgIpc) is 2.47. The Kier molecular flexibility index (Phi) is 4.31. The molecule has 20 heavy (non-hydrogen) atoms. The van der Waals surface area contributed by atoms with Gasteiger partial charge in [0.05, 0.1) is 11.3 Å². The van der Waals surface area contributed by atoms with Crippen LogP contribution in [-0.4, -0.2) is 11.5 Å². The Balaban J connectivity index is 2.42. The average molecular weight is 269 g/mol. The highest BCUT2D eigenvalue weighted by Crippen LogP contribution is 2.23. The van der Waals surface area contributed by atoms with E-state index in [-0.39, 0.29) is 5.82 Å². The van der Waals surface area contributed by atoms with Crippen molar-refractivity contribution in [3.8, 4) is 17.3 Å². The third-order valence-electron chi connectivity index (χ3n) is 3.01. The minimum atomic E-state index is -0.230. The van der Waals surface area contributed by atoms with Gasteiger partial charge in [-0.15, -0.1) is 0 Å². The van der Waals surface area contributed by atoms with Gasteiger partial charge in [-0.25, -0.2) is 9.37 Å². The molecule has 0 bridgehead atoms. The zero-order chi connectivity index (χ0) is 14.5. The first-order valence-corrected chi connectivity index (χ1v) is 6.57. The molecule has 1 aromatic heterocycles. The molecular weight excluding hydrogens is 253 g/mol. The van der Waals surface area contributed by atoms with Gasteiger partial charge >= 0.3 is 0 Å². The molecule has 0 amide bonds. The Hall–Kier alpha value is -2.41. The minimum absolute atomic E-state index is 0.230. The van der Waals surface area contributed by atoms with Crippen molar-refractivity contribution in [2.24, 2.45) is 0 Å². The predicted molar refractivity (Wildman–Crippen MR) is 77.9 cm³/mol.